The van der Waals surface area contributed by atoms with Crippen molar-refractivity contribution in [1.82, 2.24) is 9.29 Å². The molecule has 1 aliphatic heterocycles. The van der Waals surface area contributed by atoms with Gasteiger partial charge in [0.2, 0.25) is 10.0 Å². The number of rotatable bonds is 7. The molecule has 1 aliphatic rings. The Hall–Kier alpha value is -3.70. The lowest BCUT2D eigenvalue weighted by molar-refractivity contribution is 0.102. The molecule has 1 saturated heterocycles. The summed E-state index contributed by atoms with van der Waals surface area (Å²) in [6, 6.07) is 13.4. The lowest BCUT2D eigenvalue weighted by atomic mass is 10.2. The summed E-state index contributed by atoms with van der Waals surface area (Å²) in [6.45, 7) is 1.43. The van der Waals surface area contributed by atoms with Crippen LogP contribution in [0, 0.1) is 5.82 Å². The number of anilines is 2. The van der Waals surface area contributed by atoms with E-state index in [0.29, 0.717) is 35.9 Å². The van der Waals surface area contributed by atoms with Gasteiger partial charge in [0.1, 0.15) is 28.0 Å². The molecule has 1 aromatic heterocycles. The topological polar surface area (TPSA) is 101 Å². The molecular formula is C24H25FN4O5S. The SMILES string of the molecule is COc1ccc(OC)c(S(=O)(=O)N2CCN(c3ccc(NC(=O)c4ccc(F)cc4)cn3)CC2)c1. The van der Waals surface area contributed by atoms with Crippen LogP contribution >= 0.6 is 0 Å². The number of piperazine rings is 1. The van der Waals surface area contributed by atoms with Crippen molar-refractivity contribution in [3.8, 4) is 11.5 Å². The first-order valence-electron chi connectivity index (χ1n) is 10.8. The van der Waals surface area contributed by atoms with Gasteiger partial charge in [0.15, 0.2) is 0 Å². The highest BCUT2D eigenvalue weighted by atomic mass is 32.2. The number of carbonyl (C=O) groups is 1. The van der Waals surface area contributed by atoms with Crippen molar-refractivity contribution >= 4 is 27.4 Å². The number of pyridine rings is 1. The van der Waals surface area contributed by atoms with E-state index >= 15 is 0 Å². The molecule has 0 saturated carbocycles. The molecule has 0 aliphatic carbocycles. The number of aromatic nitrogens is 1. The van der Waals surface area contributed by atoms with Crippen LogP contribution < -0.4 is 19.7 Å². The van der Waals surface area contributed by atoms with Crippen LogP contribution in [-0.4, -0.2) is 64.0 Å². The predicted octanol–water partition coefficient (Wildman–Crippen LogP) is 3.00. The number of hydrogen-bond acceptors (Lipinski definition) is 7. The minimum absolute atomic E-state index is 0.0622. The number of amides is 1. The molecule has 184 valence electrons. The van der Waals surface area contributed by atoms with Gasteiger partial charge >= 0.3 is 0 Å². The third-order valence-electron chi connectivity index (χ3n) is 5.66. The van der Waals surface area contributed by atoms with Crippen LogP contribution in [0.2, 0.25) is 0 Å². The van der Waals surface area contributed by atoms with Crippen molar-refractivity contribution in [3.05, 3.63) is 72.2 Å². The Kier molecular flexibility index (Phi) is 7.17. The van der Waals surface area contributed by atoms with Gasteiger partial charge in [-0.2, -0.15) is 4.31 Å². The van der Waals surface area contributed by atoms with Crippen LogP contribution in [0.5, 0.6) is 11.5 Å². The van der Waals surface area contributed by atoms with Crippen molar-refractivity contribution in [2.75, 3.05) is 50.6 Å². The summed E-state index contributed by atoms with van der Waals surface area (Å²) in [5.41, 5.74) is 0.829. The summed E-state index contributed by atoms with van der Waals surface area (Å²) >= 11 is 0. The number of benzene rings is 2. The van der Waals surface area contributed by atoms with Crippen LogP contribution in [0.15, 0.2) is 65.7 Å². The highest BCUT2D eigenvalue weighted by Gasteiger charge is 2.31. The van der Waals surface area contributed by atoms with Gasteiger partial charge in [0.05, 0.1) is 26.1 Å². The molecule has 1 amide bonds. The normalized spacial score (nSPS) is 14.4. The smallest absolute Gasteiger partial charge is 0.255 e. The van der Waals surface area contributed by atoms with Crippen LogP contribution in [0.25, 0.3) is 0 Å². The van der Waals surface area contributed by atoms with Gasteiger partial charge in [-0.1, -0.05) is 0 Å². The van der Waals surface area contributed by atoms with E-state index in [1.54, 1.807) is 24.3 Å². The zero-order valence-electron chi connectivity index (χ0n) is 19.3. The fraction of sp³-hybridized carbons (Fsp3) is 0.250. The number of sulfonamides is 1. The molecule has 35 heavy (non-hydrogen) atoms. The fourth-order valence-corrected chi connectivity index (χ4v) is 5.33. The molecule has 3 aromatic rings. The first-order chi connectivity index (χ1) is 16.8. The summed E-state index contributed by atoms with van der Waals surface area (Å²) < 4.78 is 51.4. The number of carbonyl (C=O) groups excluding carboxylic acids is 1. The molecule has 1 fully saturated rings. The van der Waals surface area contributed by atoms with E-state index in [1.165, 1.54) is 55.1 Å². The van der Waals surface area contributed by atoms with Gasteiger partial charge in [-0.25, -0.2) is 17.8 Å². The molecule has 0 spiro atoms. The summed E-state index contributed by atoms with van der Waals surface area (Å²) in [7, 11) is -0.880. The Labute approximate surface area is 203 Å². The molecule has 0 bridgehead atoms. The standard InChI is InChI=1S/C24H25FN4O5S/c1-33-20-8-9-21(34-2)22(15-20)35(31,32)29-13-11-28(12-14-29)23-10-7-19(16-26-23)27-24(30)17-3-5-18(25)6-4-17/h3-10,15-16H,11-14H2,1-2H3,(H,27,30). The average Bonchev–Trinajstić information content (AvgIpc) is 2.89. The van der Waals surface area contributed by atoms with Gasteiger partial charge < -0.3 is 19.7 Å². The number of nitrogens with one attached hydrogen (secondary N) is 1. The van der Waals surface area contributed by atoms with Crippen molar-refractivity contribution in [3.63, 3.8) is 0 Å². The van der Waals surface area contributed by atoms with Crippen LogP contribution in [-0.2, 0) is 10.0 Å². The maximum absolute atomic E-state index is 13.3. The van der Waals surface area contributed by atoms with Crippen LogP contribution in [0.1, 0.15) is 10.4 Å². The third kappa shape index (κ3) is 5.36. The molecule has 0 radical (unpaired) electrons. The number of ether oxygens (including phenoxy) is 2. The highest BCUT2D eigenvalue weighted by molar-refractivity contribution is 7.89. The summed E-state index contributed by atoms with van der Waals surface area (Å²) in [4.78, 5) is 18.7. The van der Waals surface area contributed by atoms with Crippen molar-refractivity contribution in [1.29, 1.82) is 0 Å². The molecular weight excluding hydrogens is 475 g/mol. The number of halogens is 1. The Balaban J connectivity index is 1.40. The highest BCUT2D eigenvalue weighted by Crippen LogP contribution is 2.31. The molecule has 4 rings (SSSR count). The van der Waals surface area contributed by atoms with Gasteiger partial charge in [0.25, 0.3) is 5.91 Å². The van der Waals surface area contributed by atoms with Gasteiger partial charge in [-0.05, 0) is 48.5 Å². The quantitative estimate of drug-likeness (QED) is 0.532. The Morgan fingerprint density at radius 1 is 0.971 bits per heavy atom. The first-order valence-corrected chi connectivity index (χ1v) is 12.3. The Bertz CT molecular complexity index is 1290. The van der Waals surface area contributed by atoms with Crippen molar-refractivity contribution < 1.29 is 27.1 Å². The summed E-state index contributed by atoms with van der Waals surface area (Å²) in [6.07, 6.45) is 1.53. The largest absolute Gasteiger partial charge is 0.497 e. The molecule has 0 unspecified atom stereocenters. The lowest BCUT2D eigenvalue weighted by Crippen LogP contribution is -2.49. The van der Waals surface area contributed by atoms with Gasteiger partial charge in [-0.3, -0.25) is 4.79 Å². The maximum Gasteiger partial charge on any atom is 0.255 e. The van der Waals surface area contributed by atoms with E-state index in [2.05, 4.69) is 10.3 Å². The minimum atomic E-state index is -3.78. The fourth-order valence-electron chi connectivity index (χ4n) is 3.73. The van der Waals surface area contributed by atoms with Gasteiger partial charge in [-0.15, -0.1) is 0 Å². The zero-order valence-corrected chi connectivity index (χ0v) is 20.1. The van der Waals surface area contributed by atoms with E-state index in [1.807, 2.05) is 4.90 Å². The molecule has 2 heterocycles. The summed E-state index contributed by atoms with van der Waals surface area (Å²) in [5, 5.41) is 2.72. The molecule has 1 N–H and O–H groups in total. The third-order valence-corrected chi connectivity index (χ3v) is 7.58. The Morgan fingerprint density at radius 2 is 1.69 bits per heavy atom. The van der Waals surface area contributed by atoms with Crippen molar-refractivity contribution in [2.45, 2.75) is 4.90 Å². The van der Waals surface area contributed by atoms with E-state index in [0.717, 1.165) is 0 Å². The van der Waals surface area contributed by atoms with E-state index in [-0.39, 0.29) is 29.6 Å². The van der Waals surface area contributed by atoms with E-state index in [9.17, 15) is 17.6 Å². The Morgan fingerprint density at radius 3 is 2.29 bits per heavy atom. The second-order valence-corrected chi connectivity index (χ2v) is 9.68. The number of methoxy groups -OCH3 is 2. The average molecular weight is 501 g/mol. The van der Waals surface area contributed by atoms with Crippen LogP contribution in [0.3, 0.4) is 0 Å². The molecule has 9 nitrogen and oxygen atoms in total. The molecule has 2 aromatic carbocycles. The van der Waals surface area contributed by atoms with Crippen LogP contribution in [0.4, 0.5) is 15.9 Å². The monoisotopic (exact) mass is 500 g/mol. The van der Waals surface area contributed by atoms with E-state index < -0.39 is 15.8 Å². The van der Waals surface area contributed by atoms with Crippen molar-refractivity contribution in [2.24, 2.45) is 0 Å². The van der Waals surface area contributed by atoms with E-state index in [4.69, 9.17) is 9.47 Å². The number of hydrogen-bond donors (Lipinski definition) is 1. The summed E-state index contributed by atoms with van der Waals surface area (Å²) in [5.74, 6) is 0.571. The maximum atomic E-state index is 13.3. The lowest BCUT2D eigenvalue weighted by Gasteiger charge is -2.34. The second-order valence-electron chi connectivity index (χ2n) is 7.77. The number of nitrogens with zero attached hydrogens (tertiary/aromatic N) is 3. The zero-order chi connectivity index (χ0) is 25.0. The predicted molar refractivity (Wildman–Crippen MR) is 129 cm³/mol. The molecule has 11 heteroatoms. The minimum Gasteiger partial charge on any atom is -0.497 e. The van der Waals surface area contributed by atoms with Gasteiger partial charge in [0, 0.05) is 37.8 Å². The molecule has 0 atom stereocenters. The first kappa shape index (κ1) is 24.4. The second kappa shape index (κ2) is 10.3.